The number of nitrogens with one attached hydrogen (secondary N) is 1. The Hall–Kier alpha value is -0.520. The minimum atomic E-state index is -2.92. The summed E-state index contributed by atoms with van der Waals surface area (Å²) in [7, 11) is -2.92. The summed E-state index contributed by atoms with van der Waals surface area (Å²) in [5, 5.41) is 3.43. The van der Waals surface area contributed by atoms with Gasteiger partial charge in [0.15, 0.2) is 0 Å². The molecule has 1 aromatic rings. The molecular formula is C13H19NO2S2. The van der Waals surface area contributed by atoms with Gasteiger partial charge >= 0.3 is 0 Å². The molecule has 2 rings (SSSR count). The zero-order valence-corrected chi connectivity index (χ0v) is 12.4. The van der Waals surface area contributed by atoms with Crippen molar-refractivity contribution >= 4 is 21.6 Å². The van der Waals surface area contributed by atoms with E-state index in [4.69, 9.17) is 0 Å². The van der Waals surface area contributed by atoms with E-state index < -0.39 is 9.84 Å². The molecule has 2 atom stereocenters. The van der Waals surface area contributed by atoms with Crippen LogP contribution in [0.25, 0.3) is 0 Å². The molecule has 0 amide bonds. The first-order chi connectivity index (χ1) is 8.46. The lowest BCUT2D eigenvalue weighted by molar-refractivity contribution is 0.501. The summed E-state index contributed by atoms with van der Waals surface area (Å²) in [6, 6.07) is 8.64. The SMILES string of the molecule is CC(CS(C)(=O)=O)NC1CSCc2ccccc21. The molecule has 0 fully saturated rings. The third-order valence-corrected chi connectivity index (χ3v) is 5.20. The van der Waals surface area contributed by atoms with E-state index in [0.717, 1.165) is 11.5 Å². The van der Waals surface area contributed by atoms with Crippen molar-refractivity contribution in [2.24, 2.45) is 0 Å². The maximum Gasteiger partial charge on any atom is 0.148 e. The number of hydrogen-bond acceptors (Lipinski definition) is 4. The molecule has 1 aromatic carbocycles. The summed E-state index contributed by atoms with van der Waals surface area (Å²) in [5.41, 5.74) is 2.68. The summed E-state index contributed by atoms with van der Waals surface area (Å²) in [6.45, 7) is 1.93. The summed E-state index contributed by atoms with van der Waals surface area (Å²) in [5.74, 6) is 2.25. The van der Waals surface area contributed by atoms with Crippen LogP contribution in [0.5, 0.6) is 0 Å². The Balaban J connectivity index is 2.07. The largest absolute Gasteiger partial charge is 0.306 e. The van der Waals surface area contributed by atoms with Crippen molar-refractivity contribution in [2.45, 2.75) is 24.8 Å². The molecule has 100 valence electrons. The van der Waals surface area contributed by atoms with Gasteiger partial charge in [0.25, 0.3) is 0 Å². The Morgan fingerprint density at radius 1 is 1.44 bits per heavy atom. The highest BCUT2D eigenvalue weighted by Crippen LogP contribution is 2.31. The van der Waals surface area contributed by atoms with Gasteiger partial charge in [-0.2, -0.15) is 11.8 Å². The molecule has 0 bridgehead atoms. The molecule has 1 aliphatic heterocycles. The Labute approximate surface area is 113 Å². The second kappa shape index (κ2) is 5.63. The predicted molar refractivity (Wildman–Crippen MR) is 77.7 cm³/mol. The van der Waals surface area contributed by atoms with Gasteiger partial charge in [0.05, 0.1) is 5.75 Å². The summed E-state index contributed by atoms with van der Waals surface area (Å²) in [6.07, 6.45) is 1.29. The average Bonchev–Trinajstić information content (AvgIpc) is 2.27. The molecule has 5 heteroatoms. The fraction of sp³-hybridized carbons (Fsp3) is 0.538. The van der Waals surface area contributed by atoms with E-state index in [0.29, 0.717) is 0 Å². The Kier molecular flexibility index (Phi) is 4.35. The first-order valence-electron chi connectivity index (χ1n) is 6.05. The van der Waals surface area contributed by atoms with E-state index in [1.54, 1.807) is 0 Å². The molecule has 0 aliphatic carbocycles. The van der Waals surface area contributed by atoms with Crippen LogP contribution in [0.1, 0.15) is 24.1 Å². The van der Waals surface area contributed by atoms with Crippen LogP contribution in [0.2, 0.25) is 0 Å². The fourth-order valence-corrected chi connectivity index (χ4v) is 4.48. The monoisotopic (exact) mass is 285 g/mol. The normalized spacial score (nSPS) is 21.3. The van der Waals surface area contributed by atoms with Gasteiger partial charge < -0.3 is 5.32 Å². The van der Waals surface area contributed by atoms with Gasteiger partial charge in [-0.05, 0) is 18.1 Å². The van der Waals surface area contributed by atoms with Crippen LogP contribution in [0.15, 0.2) is 24.3 Å². The molecule has 1 N–H and O–H groups in total. The zero-order valence-electron chi connectivity index (χ0n) is 10.7. The number of fused-ring (bicyclic) bond motifs is 1. The second-order valence-electron chi connectivity index (χ2n) is 4.93. The topological polar surface area (TPSA) is 46.2 Å². The molecule has 0 radical (unpaired) electrons. The zero-order chi connectivity index (χ0) is 13.2. The van der Waals surface area contributed by atoms with Gasteiger partial charge in [0.1, 0.15) is 9.84 Å². The molecule has 2 unspecified atom stereocenters. The lowest BCUT2D eigenvalue weighted by Gasteiger charge is -2.28. The Morgan fingerprint density at radius 2 is 2.17 bits per heavy atom. The van der Waals surface area contributed by atoms with Crippen LogP contribution in [0.4, 0.5) is 0 Å². The van der Waals surface area contributed by atoms with Crippen molar-refractivity contribution in [3.63, 3.8) is 0 Å². The van der Waals surface area contributed by atoms with E-state index >= 15 is 0 Å². The first-order valence-corrected chi connectivity index (χ1v) is 9.26. The maximum atomic E-state index is 11.3. The number of hydrogen-bond donors (Lipinski definition) is 1. The molecule has 3 nitrogen and oxygen atoms in total. The van der Waals surface area contributed by atoms with Crippen molar-refractivity contribution in [3.05, 3.63) is 35.4 Å². The van der Waals surface area contributed by atoms with E-state index in [-0.39, 0.29) is 17.8 Å². The molecular weight excluding hydrogens is 266 g/mol. The van der Waals surface area contributed by atoms with Gasteiger partial charge in [-0.3, -0.25) is 0 Å². The lowest BCUT2D eigenvalue weighted by atomic mass is 10.0. The van der Waals surface area contributed by atoms with Crippen LogP contribution < -0.4 is 5.32 Å². The van der Waals surface area contributed by atoms with Crippen molar-refractivity contribution in [1.82, 2.24) is 5.32 Å². The maximum absolute atomic E-state index is 11.3. The number of benzene rings is 1. The third-order valence-electron chi connectivity index (χ3n) is 3.01. The van der Waals surface area contributed by atoms with Crippen LogP contribution >= 0.6 is 11.8 Å². The van der Waals surface area contributed by atoms with Crippen molar-refractivity contribution in [3.8, 4) is 0 Å². The molecule has 1 aliphatic rings. The van der Waals surface area contributed by atoms with Crippen molar-refractivity contribution in [1.29, 1.82) is 0 Å². The van der Waals surface area contributed by atoms with Gasteiger partial charge in [0, 0.05) is 29.8 Å². The summed E-state index contributed by atoms with van der Waals surface area (Å²) in [4.78, 5) is 0. The van der Waals surface area contributed by atoms with Gasteiger partial charge in [-0.25, -0.2) is 8.42 Å². The van der Waals surface area contributed by atoms with Crippen molar-refractivity contribution in [2.75, 3.05) is 17.8 Å². The average molecular weight is 285 g/mol. The molecule has 0 spiro atoms. The lowest BCUT2D eigenvalue weighted by Crippen LogP contribution is -2.38. The molecule has 1 heterocycles. The van der Waals surface area contributed by atoms with E-state index in [9.17, 15) is 8.42 Å². The Bertz CT molecular complexity index is 513. The number of sulfone groups is 1. The predicted octanol–water partition coefficient (Wildman–Crippen LogP) is 2.00. The van der Waals surface area contributed by atoms with Crippen LogP contribution in [0.3, 0.4) is 0 Å². The summed E-state index contributed by atoms with van der Waals surface area (Å²) < 4.78 is 22.6. The second-order valence-corrected chi connectivity index (χ2v) is 8.14. The van der Waals surface area contributed by atoms with E-state index in [1.807, 2.05) is 24.8 Å². The molecule has 0 aromatic heterocycles. The fourth-order valence-electron chi connectivity index (χ4n) is 2.37. The first kappa shape index (κ1) is 13.9. The molecule has 18 heavy (non-hydrogen) atoms. The van der Waals surface area contributed by atoms with E-state index in [1.165, 1.54) is 17.4 Å². The van der Waals surface area contributed by atoms with Crippen LogP contribution in [-0.2, 0) is 15.6 Å². The highest BCUT2D eigenvalue weighted by molar-refractivity contribution is 7.98. The highest BCUT2D eigenvalue weighted by atomic mass is 32.2. The smallest absolute Gasteiger partial charge is 0.148 e. The minimum Gasteiger partial charge on any atom is -0.306 e. The minimum absolute atomic E-state index is 0.0169. The standard InChI is InChI=1S/C13H19NO2S2/c1-10(9-18(2,15)16)14-13-8-17-7-11-5-3-4-6-12(11)13/h3-6,10,13-14H,7-9H2,1-2H3. The summed E-state index contributed by atoms with van der Waals surface area (Å²) >= 11 is 1.89. The van der Waals surface area contributed by atoms with Crippen LogP contribution in [-0.4, -0.2) is 32.2 Å². The Morgan fingerprint density at radius 3 is 2.89 bits per heavy atom. The van der Waals surface area contributed by atoms with Gasteiger partial charge in [-0.15, -0.1) is 0 Å². The van der Waals surface area contributed by atoms with Gasteiger partial charge in [-0.1, -0.05) is 24.3 Å². The van der Waals surface area contributed by atoms with E-state index in [2.05, 4.69) is 23.5 Å². The molecule has 0 saturated heterocycles. The van der Waals surface area contributed by atoms with Crippen molar-refractivity contribution < 1.29 is 8.42 Å². The number of thioether (sulfide) groups is 1. The van der Waals surface area contributed by atoms with Gasteiger partial charge in [0.2, 0.25) is 0 Å². The van der Waals surface area contributed by atoms with Crippen LogP contribution in [0, 0.1) is 0 Å². The molecule has 0 saturated carbocycles. The third kappa shape index (κ3) is 3.73. The quantitative estimate of drug-likeness (QED) is 0.919. The number of rotatable bonds is 4. The highest BCUT2D eigenvalue weighted by Gasteiger charge is 2.22.